The molecule has 4 rings (SSSR count). The number of hydrogen-bond donors (Lipinski definition) is 1. The van der Waals surface area contributed by atoms with Gasteiger partial charge in [-0.2, -0.15) is 0 Å². The van der Waals surface area contributed by atoms with E-state index in [4.69, 9.17) is 0 Å². The van der Waals surface area contributed by atoms with E-state index in [-0.39, 0.29) is 18.4 Å². The van der Waals surface area contributed by atoms with Gasteiger partial charge in [0.2, 0.25) is 5.95 Å². The lowest BCUT2D eigenvalue weighted by Gasteiger charge is -2.23. The van der Waals surface area contributed by atoms with Crippen molar-refractivity contribution in [2.24, 2.45) is 0 Å². The smallest absolute Gasteiger partial charge is 0.307 e. The highest BCUT2D eigenvalue weighted by Crippen LogP contribution is 2.23. The van der Waals surface area contributed by atoms with Crippen LogP contribution in [0.15, 0.2) is 54.6 Å². The second-order valence-corrected chi connectivity index (χ2v) is 6.85. The van der Waals surface area contributed by atoms with E-state index in [1.54, 1.807) is 18.2 Å². The van der Waals surface area contributed by atoms with Gasteiger partial charge < -0.3 is 5.32 Å². The predicted molar refractivity (Wildman–Crippen MR) is 106 cm³/mol. The van der Waals surface area contributed by atoms with Crippen LogP contribution in [0.4, 0.5) is 20.8 Å². The fraction of sp³-hybridized carbons (Fsp3) is 0.286. The summed E-state index contributed by atoms with van der Waals surface area (Å²) in [4.78, 5) is 14.6. The maximum Gasteiger partial charge on any atom is 0.329 e. The minimum Gasteiger partial charge on any atom is -0.307 e. The van der Waals surface area contributed by atoms with Crippen molar-refractivity contribution >= 4 is 17.7 Å². The van der Waals surface area contributed by atoms with Crippen LogP contribution in [0.25, 0.3) is 0 Å². The molecule has 1 aromatic heterocycles. The summed E-state index contributed by atoms with van der Waals surface area (Å²) in [6.07, 6.45) is 4.01. The Morgan fingerprint density at radius 3 is 2.64 bits per heavy atom. The first kappa shape index (κ1) is 18.2. The highest BCUT2D eigenvalue weighted by molar-refractivity contribution is 6.00. The predicted octanol–water partition coefficient (Wildman–Crippen LogP) is 4.38. The van der Waals surface area contributed by atoms with Crippen molar-refractivity contribution in [1.29, 1.82) is 0 Å². The number of amides is 2. The fourth-order valence-corrected chi connectivity index (χ4v) is 3.41. The van der Waals surface area contributed by atoms with Crippen LogP contribution in [0.1, 0.15) is 30.7 Å². The molecule has 0 fully saturated rings. The molecule has 0 radical (unpaired) electrons. The molecule has 2 heterocycles. The number of rotatable bonds is 4. The Labute approximate surface area is 163 Å². The van der Waals surface area contributed by atoms with Crippen LogP contribution < -0.4 is 10.2 Å². The number of urea groups is 1. The quantitative estimate of drug-likeness (QED) is 0.732. The largest absolute Gasteiger partial charge is 0.329 e. The number of nitrogens with one attached hydrogen (secondary N) is 1. The van der Waals surface area contributed by atoms with Gasteiger partial charge in [-0.15, -0.1) is 10.2 Å². The maximum absolute atomic E-state index is 14.3. The Hall–Kier alpha value is -3.22. The van der Waals surface area contributed by atoms with Crippen molar-refractivity contribution in [3.05, 3.63) is 71.8 Å². The number of benzene rings is 2. The summed E-state index contributed by atoms with van der Waals surface area (Å²) in [5, 5.41) is 11.4. The zero-order chi connectivity index (χ0) is 19.3. The van der Waals surface area contributed by atoms with Crippen molar-refractivity contribution in [2.45, 2.75) is 38.8 Å². The second-order valence-electron chi connectivity index (χ2n) is 6.85. The molecule has 0 atom stereocenters. The van der Waals surface area contributed by atoms with Gasteiger partial charge in [0, 0.05) is 24.2 Å². The van der Waals surface area contributed by atoms with Crippen molar-refractivity contribution < 1.29 is 9.18 Å². The van der Waals surface area contributed by atoms with E-state index < -0.39 is 0 Å². The molecule has 28 heavy (non-hydrogen) atoms. The van der Waals surface area contributed by atoms with Crippen LogP contribution in [0.5, 0.6) is 0 Å². The lowest BCUT2D eigenvalue weighted by Crippen LogP contribution is -2.37. The van der Waals surface area contributed by atoms with Crippen molar-refractivity contribution in [3.63, 3.8) is 0 Å². The highest BCUT2D eigenvalue weighted by atomic mass is 19.1. The maximum atomic E-state index is 14.3. The standard InChI is InChI=1S/C21H22FN5O/c22-18-12-7-6-9-16(18)15-27(21(28)23-17-10-3-1-4-11-17)20-25-24-19-13-5-2-8-14-26(19)20/h1,3-4,6-7,9-12H,2,5,8,13-15H2,(H,23,28). The number of halogens is 1. The number of fused-ring (bicyclic) bond motifs is 1. The molecule has 6 nitrogen and oxygen atoms in total. The summed E-state index contributed by atoms with van der Waals surface area (Å²) in [5.74, 6) is 0.975. The number of anilines is 2. The Morgan fingerprint density at radius 2 is 1.82 bits per heavy atom. The van der Waals surface area contributed by atoms with Gasteiger partial charge in [-0.3, -0.25) is 9.47 Å². The van der Waals surface area contributed by atoms with Crippen LogP contribution in [0.3, 0.4) is 0 Å². The van der Waals surface area contributed by atoms with E-state index in [2.05, 4.69) is 15.5 Å². The number of hydrogen-bond acceptors (Lipinski definition) is 3. The Morgan fingerprint density at radius 1 is 1.04 bits per heavy atom. The molecule has 1 aliphatic rings. The SMILES string of the molecule is O=C(Nc1ccccc1)N(Cc1ccccc1F)c1nnc2n1CCCCC2. The molecule has 0 spiro atoms. The van der Waals surface area contributed by atoms with Crippen LogP contribution in [-0.2, 0) is 19.5 Å². The van der Waals surface area contributed by atoms with E-state index in [0.717, 1.165) is 38.1 Å². The van der Waals surface area contributed by atoms with Crippen molar-refractivity contribution in [1.82, 2.24) is 14.8 Å². The normalized spacial score (nSPS) is 13.5. The topological polar surface area (TPSA) is 63.1 Å². The summed E-state index contributed by atoms with van der Waals surface area (Å²) in [5.41, 5.74) is 1.10. The van der Waals surface area contributed by atoms with Gasteiger partial charge in [-0.25, -0.2) is 9.18 Å². The molecule has 0 saturated carbocycles. The first-order valence-corrected chi connectivity index (χ1v) is 9.51. The molecular formula is C21H22FN5O. The van der Waals surface area contributed by atoms with Gasteiger partial charge in [-0.1, -0.05) is 42.8 Å². The number of aromatic nitrogens is 3. The van der Waals surface area contributed by atoms with E-state index in [9.17, 15) is 9.18 Å². The minimum atomic E-state index is -0.367. The highest BCUT2D eigenvalue weighted by Gasteiger charge is 2.25. The average Bonchev–Trinajstić information content (AvgIpc) is 2.95. The first-order chi connectivity index (χ1) is 13.7. The minimum absolute atomic E-state index is 0.0729. The van der Waals surface area contributed by atoms with E-state index in [1.807, 2.05) is 34.9 Å². The summed E-state index contributed by atoms with van der Waals surface area (Å²) in [6, 6.07) is 15.3. The summed E-state index contributed by atoms with van der Waals surface area (Å²) in [7, 11) is 0. The first-order valence-electron chi connectivity index (χ1n) is 9.51. The molecule has 2 aromatic carbocycles. The van der Waals surface area contributed by atoms with Crippen LogP contribution in [0.2, 0.25) is 0 Å². The zero-order valence-corrected chi connectivity index (χ0v) is 15.5. The van der Waals surface area contributed by atoms with E-state index in [0.29, 0.717) is 17.2 Å². The molecule has 0 saturated heterocycles. The molecule has 144 valence electrons. The Kier molecular flexibility index (Phi) is 5.32. The number of nitrogens with zero attached hydrogens (tertiary/aromatic N) is 4. The van der Waals surface area contributed by atoms with E-state index >= 15 is 0 Å². The molecule has 2 amide bonds. The Balaban J connectivity index is 1.68. The third-order valence-corrected chi connectivity index (χ3v) is 4.89. The lowest BCUT2D eigenvalue weighted by molar-refractivity contribution is 0.256. The van der Waals surface area contributed by atoms with Gasteiger partial charge in [0.1, 0.15) is 11.6 Å². The molecule has 7 heteroatoms. The van der Waals surface area contributed by atoms with Gasteiger partial charge in [0.05, 0.1) is 6.54 Å². The van der Waals surface area contributed by atoms with E-state index in [1.165, 1.54) is 11.0 Å². The average molecular weight is 379 g/mol. The summed E-state index contributed by atoms with van der Waals surface area (Å²) in [6.45, 7) is 0.827. The number of para-hydroxylation sites is 1. The van der Waals surface area contributed by atoms with Gasteiger partial charge in [0.25, 0.3) is 0 Å². The zero-order valence-electron chi connectivity index (χ0n) is 15.5. The van der Waals surface area contributed by atoms with Crippen molar-refractivity contribution in [2.75, 3.05) is 10.2 Å². The molecule has 0 aliphatic carbocycles. The molecule has 0 bridgehead atoms. The van der Waals surface area contributed by atoms with Gasteiger partial charge in [-0.05, 0) is 31.0 Å². The number of carbonyl (C=O) groups is 1. The summed E-state index contributed by atoms with van der Waals surface area (Å²) < 4.78 is 16.3. The fourth-order valence-electron chi connectivity index (χ4n) is 3.41. The van der Waals surface area contributed by atoms with Crippen LogP contribution in [0, 0.1) is 5.82 Å². The summed E-state index contributed by atoms with van der Waals surface area (Å²) >= 11 is 0. The Bertz CT molecular complexity index is 956. The lowest BCUT2D eigenvalue weighted by atomic mass is 10.2. The number of carbonyl (C=O) groups excluding carboxylic acids is 1. The molecule has 1 N–H and O–H groups in total. The number of aryl methyl sites for hydroxylation is 1. The third kappa shape index (κ3) is 3.88. The van der Waals surface area contributed by atoms with Crippen LogP contribution in [-0.4, -0.2) is 20.8 Å². The van der Waals surface area contributed by atoms with Crippen molar-refractivity contribution in [3.8, 4) is 0 Å². The molecule has 0 unspecified atom stereocenters. The monoisotopic (exact) mass is 379 g/mol. The molecular weight excluding hydrogens is 357 g/mol. The van der Waals surface area contributed by atoms with Gasteiger partial charge in [0.15, 0.2) is 0 Å². The van der Waals surface area contributed by atoms with Gasteiger partial charge >= 0.3 is 6.03 Å². The third-order valence-electron chi connectivity index (χ3n) is 4.89. The molecule has 3 aromatic rings. The molecule has 1 aliphatic heterocycles. The van der Waals surface area contributed by atoms with Crippen LogP contribution >= 0.6 is 0 Å². The second kappa shape index (κ2) is 8.21.